The van der Waals surface area contributed by atoms with E-state index in [9.17, 15) is 9.59 Å². The first-order chi connectivity index (χ1) is 14.5. The summed E-state index contributed by atoms with van der Waals surface area (Å²) in [5.41, 5.74) is 0.682. The molecule has 2 atom stereocenters. The maximum atomic E-state index is 13.1. The highest BCUT2D eigenvalue weighted by atomic mass is 16.5. The molecule has 2 unspecified atom stereocenters. The van der Waals surface area contributed by atoms with Crippen molar-refractivity contribution in [2.24, 2.45) is 0 Å². The summed E-state index contributed by atoms with van der Waals surface area (Å²) in [5, 5.41) is 9.90. The number of carbonyl (C=O) groups excluding carboxylic acids is 1. The zero-order chi connectivity index (χ0) is 21.3. The average Bonchev–Trinajstić information content (AvgIpc) is 2.95. The molecular weight excluding hydrogens is 380 g/mol. The van der Waals surface area contributed by atoms with Crippen molar-refractivity contribution in [2.75, 3.05) is 13.2 Å². The molecule has 2 fully saturated rings. The van der Waals surface area contributed by atoms with Gasteiger partial charge in [0, 0.05) is 37.6 Å². The number of hydrogen-bond donors (Lipinski definition) is 1. The minimum absolute atomic E-state index is 0.0480. The first-order valence-corrected chi connectivity index (χ1v) is 11.2. The van der Waals surface area contributed by atoms with Crippen molar-refractivity contribution >= 4 is 16.9 Å². The molecule has 1 aromatic heterocycles. The number of benzene rings is 1. The number of aromatic nitrogens is 1. The van der Waals surface area contributed by atoms with Crippen LogP contribution in [0.2, 0.25) is 0 Å². The van der Waals surface area contributed by atoms with E-state index in [0.717, 1.165) is 56.0 Å². The molecule has 1 N–H and O–H groups in total. The Balaban J connectivity index is 1.51. The van der Waals surface area contributed by atoms with Crippen LogP contribution in [-0.4, -0.2) is 51.9 Å². The van der Waals surface area contributed by atoms with Crippen LogP contribution in [0.25, 0.3) is 10.9 Å². The van der Waals surface area contributed by atoms with E-state index in [4.69, 9.17) is 9.84 Å². The van der Waals surface area contributed by atoms with E-state index in [1.807, 2.05) is 38.1 Å². The Bertz CT molecular complexity index is 953. The molecule has 0 spiro atoms. The zero-order valence-electron chi connectivity index (χ0n) is 17.9. The average molecular weight is 413 g/mol. The van der Waals surface area contributed by atoms with E-state index < -0.39 is 5.97 Å². The van der Waals surface area contributed by atoms with Crippen molar-refractivity contribution in [1.82, 2.24) is 9.47 Å². The van der Waals surface area contributed by atoms with Crippen molar-refractivity contribution in [2.45, 2.75) is 76.6 Å². The molecule has 0 radical (unpaired) electrons. The first kappa shape index (κ1) is 21.1. The second-order valence-corrected chi connectivity index (χ2v) is 8.94. The molecule has 2 bridgehead atoms. The summed E-state index contributed by atoms with van der Waals surface area (Å²) in [4.78, 5) is 28.6. The number of aliphatic hydroxyl groups excluding tert-OH is 1. The molecular formula is C24H32N2O4. The number of pyridine rings is 1. The minimum atomic E-state index is -0.502. The Hall–Kier alpha value is -2.18. The number of rotatable bonds is 7. The van der Waals surface area contributed by atoms with Gasteiger partial charge in [-0.25, -0.2) is 4.79 Å². The summed E-state index contributed by atoms with van der Waals surface area (Å²) in [6.07, 6.45) is 5.61. The van der Waals surface area contributed by atoms with Gasteiger partial charge in [-0.1, -0.05) is 18.2 Å². The molecule has 0 aliphatic carbocycles. The summed E-state index contributed by atoms with van der Waals surface area (Å²) in [7, 11) is 0. The molecule has 3 heterocycles. The lowest BCUT2D eigenvalue weighted by molar-refractivity contribution is -0.00670. The van der Waals surface area contributed by atoms with Crippen LogP contribution in [0.1, 0.15) is 68.8 Å². The molecule has 0 amide bonds. The van der Waals surface area contributed by atoms with Crippen LogP contribution in [0.15, 0.2) is 35.1 Å². The van der Waals surface area contributed by atoms with Gasteiger partial charge in [0.05, 0.1) is 5.52 Å². The van der Waals surface area contributed by atoms with Crippen LogP contribution in [-0.2, 0) is 4.74 Å². The quantitative estimate of drug-likeness (QED) is 0.557. The summed E-state index contributed by atoms with van der Waals surface area (Å²) >= 11 is 0. The fourth-order valence-electron chi connectivity index (χ4n) is 5.25. The molecule has 30 heavy (non-hydrogen) atoms. The molecule has 2 aliphatic rings. The number of para-hydroxylation sites is 1. The van der Waals surface area contributed by atoms with Crippen LogP contribution >= 0.6 is 0 Å². The van der Waals surface area contributed by atoms with Crippen molar-refractivity contribution in [3.63, 3.8) is 0 Å². The lowest BCUT2D eigenvalue weighted by atomic mass is 9.99. The van der Waals surface area contributed by atoms with Crippen LogP contribution in [0.4, 0.5) is 0 Å². The smallest absolute Gasteiger partial charge is 0.344 e. The molecule has 162 valence electrons. The number of carbonyl (C=O) groups is 1. The molecule has 2 saturated heterocycles. The van der Waals surface area contributed by atoms with Gasteiger partial charge in [0.15, 0.2) is 0 Å². The van der Waals surface area contributed by atoms with Gasteiger partial charge in [0.2, 0.25) is 0 Å². The zero-order valence-corrected chi connectivity index (χ0v) is 17.9. The number of hydrogen-bond acceptors (Lipinski definition) is 5. The van der Waals surface area contributed by atoms with Gasteiger partial charge in [0.1, 0.15) is 11.7 Å². The van der Waals surface area contributed by atoms with Crippen molar-refractivity contribution in [3.8, 4) is 0 Å². The predicted octanol–water partition coefficient (Wildman–Crippen LogP) is 3.51. The highest BCUT2D eigenvalue weighted by Crippen LogP contribution is 2.37. The second-order valence-electron chi connectivity index (χ2n) is 8.94. The van der Waals surface area contributed by atoms with E-state index in [-0.39, 0.29) is 29.9 Å². The van der Waals surface area contributed by atoms with Crippen LogP contribution in [0.5, 0.6) is 0 Å². The normalized spacial score (nSPS) is 23.9. The third-order valence-electron chi connectivity index (χ3n) is 6.62. The third-order valence-corrected chi connectivity index (χ3v) is 6.62. The predicted molar refractivity (Wildman–Crippen MR) is 117 cm³/mol. The minimum Gasteiger partial charge on any atom is -0.459 e. The fourth-order valence-corrected chi connectivity index (χ4v) is 5.25. The van der Waals surface area contributed by atoms with E-state index >= 15 is 0 Å². The van der Waals surface area contributed by atoms with Gasteiger partial charge in [0.25, 0.3) is 5.56 Å². The number of ether oxygens (including phenoxy) is 1. The lowest BCUT2D eigenvalue weighted by Crippen LogP contribution is -2.46. The fraction of sp³-hybridized carbons (Fsp3) is 0.583. The highest BCUT2D eigenvalue weighted by Gasteiger charge is 2.41. The van der Waals surface area contributed by atoms with Crippen molar-refractivity contribution < 1.29 is 14.6 Å². The number of unbranched alkanes of at least 4 members (excludes halogenated alkanes) is 1. The monoisotopic (exact) mass is 412 g/mol. The second kappa shape index (κ2) is 8.90. The summed E-state index contributed by atoms with van der Waals surface area (Å²) < 4.78 is 7.56. The molecule has 4 rings (SSSR count). The standard InChI is InChI=1S/C24H32N2O4/c1-16(2)26-22-8-4-3-7-17(22)13-21(23(26)28)24(29)30-20-14-18-9-10-19(15-20)25(18)11-5-6-12-27/h3-4,7-8,13,16,18-20,27H,5-6,9-12,14-15H2,1-2H3. The van der Waals surface area contributed by atoms with E-state index in [2.05, 4.69) is 4.90 Å². The Kier molecular flexibility index (Phi) is 6.25. The molecule has 2 aliphatic heterocycles. The maximum Gasteiger partial charge on any atom is 0.344 e. The lowest BCUT2D eigenvalue weighted by Gasteiger charge is -2.38. The number of fused-ring (bicyclic) bond motifs is 3. The number of esters is 1. The van der Waals surface area contributed by atoms with E-state index in [1.165, 1.54) is 0 Å². The number of piperidine rings is 1. The van der Waals surface area contributed by atoms with Gasteiger partial charge in [-0.15, -0.1) is 0 Å². The Morgan fingerprint density at radius 3 is 2.53 bits per heavy atom. The Morgan fingerprint density at radius 1 is 1.17 bits per heavy atom. The summed E-state index contributed by atoms with van der Waals surface area (Å²) in [6.45, 7) is 5.14. The third kappa shape index (κ3) is 4.03. The van der Waals surface area contributed by atoms with Gasteiger partial charge in [-0.05, 0) is 63.6 Å². The van der Waals surface area contributed by atoms with Crippen LogP contribution < -0.4 is 5.56 Å². The molecule has 2 aromatic rings. The van der Waals surface area contributed by atoms with Gasteiger partial charge in [-0.3, -0.25) is 9.69 Å². The Labute approximate surface area is 177 Å². The highest BCUT2D eigenvalue weighted by molar-refractivity contribution is 5.94. The largest absolute Gasteiger partial charge is 0.459 e. The van der Waals surface area contributed by atoms with Gasteiger partial charge < -0.3 is 14.4 Å². The topological polar surface area (TPSA) is 71.8 Å². The first-order valence-electron chi connectivity index (χ1n) is 11.2. The molecule has 1 aromatic carbocycles. The van der Waals surface area contributed by atoms with Gasteiger partial charge in [-0.2, -0.15) is 0 Å². The number of nitrogens with zero attached hydrogens (tertiary/aromatic N) is 2. The molecule has 6 nitrogen and oxygen atoms in total. The van der Waals surface area contributed by atoms with E-state index in [1.54, 1.807) is 10.6 Å². The summed E-state index contributed by atoms with van der Waals surface area (Å²) in [5.74, 6) is -0.502. The molecule has 6 heteroatoms. The maximum absolute atomic E-state index is 13.1. The van der Waals surface area contributed by atoms with Crippen LogP contribution in [0, 0.1) is 0 Å². The molecule has 0 saturated carbocycles. The number of aliphatic hydroxyl groups is 1. The Morgan fingerprint density at radius 2 is 1.87 bits per heavy atom. The SMILES string of the molecule is CC(C)n1c(=O)c(C(=O)OC2CC3CCC(C2)N3CCCCO)cc2ccccc21. The van der Waals surface area contributed by atoms with E-state index in [0.29, 0.717) is 12.1 Å². The van der Waals surface area contributed by atoms with Crippen molar-refractivity contribution in [1.29, 1.82) is 0 Å². The van der Waals surface area contributed by atoms with Crippen LogP contribution in [0.3, 0.4) is 0 Å². The summed E-state index contributed by atoms with van der Waals surface area (Å²) in [6, 6.07) is 10.2. The van der Waals surface area contributed by atoms with Gasteiger partial charge >= 0.3 is 5.97 Å². The van der Waals surface area contributed by atoms with Crippen molar-refractivity contribution in [3.05, 3.63) is 46.2 Å².